The topological polar surface area (TPSA) is 152 Å². The molecule has 0 spiro atoms. The summed E-state index contributed by atoms with van der Waals surface area (Å²) >= 11 is 0. The molecule has 6 rings (SSSR count). The lowest BCUT2D eigenvalue weighted by Gasteiger charge is -2.64. The van der Waals surface area contributed by atoms with E-state index in [-0.39, 0.29) is 65.6 Å². The lowest BCUT2D eigenvalue weighted by Crippen LogP contribution is -2.62. The van der Waals surface area contributed by atoms with Crippen molar-refractivity contribution in [3.8, 4) is 0 Å². The molecular weight excluding hydrogens is 684 g/mol. The van der Waals surface area contributed by atoms with E-state index in [1.807, 2.05) is 0 Å². The number of nitrogens with zero attached hydrogens (tertiary/aromatic N) is 2. The van der Waals surface area contributed by atoms with Crippen molar-refractivity contribution in [3.05, 3.63) is 30.5 Å². The summed E-state index contributed by atoms with van der Waals surface area (Å²) in [5.41, 5.74) is 0.394. The Balaban J connectivity index is 0.884. The highest BCUT2D eigenvalue weighted by Gasteiger charge is 2.64. The Labute approximate surface area is 322 Å². The SMILES string of the molecule is C=CC(=O)N1CCN(c2ccc(CCC(=O)NCCCNC(=O)CC[C@@H](C)[C@H]3CC[C@H]4[C@@H]5[C@H](O)C(CC)C6C[C@H](O)CC[C@]6(C)[C@H]5CC[C@]34C)o2)C(=O)C1. The van der Waals surface area contributed by atoms with Crippen LogP contribution in [0.25, 0.3) is 0 Å². The first-order valence-electron chi connectivity index (χ1n) is 21.0. The molecule has 5 fully saturated rings. The lowest BCUT2D eigenvalue weighted by atomic mass is 9.41. The largest absolute Gasteiger partial charge is 0.445 e. The molecule has 4 N–H and O–H groups in total. The van der Waals surface area contributed by atoms with Gasteiger partial charge >= 0.3 is 0 Å². The first-order chi connectivity index (χ1) is 25.8. The normalized spacial score (nSPS) is 35.4. The molecule has 4 amide bonds. The van der Waals surface area contributed by atoms with E-state index in [4.69, 9.17) is 4.42 Å². The number of hydrogen-bond acceptors (Lipinski definition) is 7. The van der Waals surface area contributed by atoms with Gasteiger partial charge in [0, 0.05) is 51.5 Å². The number of carbonyl (C=O) groups excluding carboxylic acids is 4. The summed E-state index contributed by atoms with van der Waals surface area (Å²) in [6.07, 6.45) is 11.8. The van der Waals surface area contributed by atoms with Crippen LogP contribution in [-0.2, 0) is 25.6 Å². The van der Waals surface area contributed by atoms with E-state index in [0.29, 0.717) is 92.6 Å². The standard InChI is InChI=1S/C43H66N4O7/c1-6-30-34-25-28(48)17-19-43(34,5)33-18-20-42(4)31(12-13-32(42)40(33)41(30)53)27(3)9-14-35(49)44-21-8-22-45-36(50)15-10-29-11-16-39(54-29)47-24-23-46(26-38(47)52)37(51)7-2/h7,11,16,27-28,30-34,40-41,48,53H,2,6,8-10,12-15,17-26H2,1,3-5H3,(H,44,49)(H,45,50)/t27-,28-,30?,31-,32+,33+,34?,40+,41-,42-,43-/m1/s1. The first-order valence-corrected chi connectivity index (χ1v) is 21.0. The van der Waals surface area contributed by atoms with Gasteiger partial charge in [0.2, 0.25) is 29.5 Å². The molecule has 11 atom stereocenters. The molecule has 5 aliphatic rings. The lowest BCUT2D eigenvalue weighted by molar-refractivity contribution is -0.203. The predicted octanol–water partition coefficient (Wildman–Crippen LogP) is 5.24. The number of aliphatic hydroxyl groups excluding tert-OH is 2. The zero-order chi connectivity index (χ0) is 38.8. The first kappa shape index (κ1) is 40.5. The molecule has 0 bridgehead atoms. The second-order valence-electron chi connectivity index (χ2n) is 17.9. The van der Waals surface area contributed by atoms with Gasteiger partial charge in [-0.2, -0.15) is 0 Å². The number of amides is 4. The molecule has 11 nitrogen and oxygen atoms in total. The highest BCUT2D eigenvalue weighted by Crippen LogP contribution is 2.69. The van der Waals surface area contributed by atoms with Gasteiger partial charge in [0.1, 0.15) is 12.3 Å². The van der Waals surface area contributed by atoms with Gasteiger partial charge in [-0.05, 0) is 122 Å². The van der Waals surface area contributed by atoms with Crippen molar-refractivity contribution in [1.29, 1.82) is 0 Å². The molecule has 0 aromatic carbocycles. The number of furan rings is 1. The van der Waals surface area contributed by atoms with Gasteiger partial charge in [-0.15, -0.1) is 0 Å². The Morgan fingerprint density at radius 1 is 0.981 bits per heavy atom. The van der Waals surface area contributed by atoms with Crippen LogP contribution in [0.15, 0.2) is 29.2 Å². The molecule has 0 radical (unpaired) electrons. The van der Waals surface area contributed by atoms with E-state index in [2.05, 4.69) is 44.9 Å². The summed E-state index contributed by atoms with van der Waals surface area (Å²) in [7, 11) is 0. The number of carbonyl (C=O) groups is 4. The number of nitrogens with one attached hydrogen (secondary N) is 2. The number of anilines is 1. The van der Waals surface area contributed by atoms with Crippen LogP contribution >= 0.6 is 0 Å². The molecule has 300 valence electrons. The molecule has 4 aliphatic carbocycles. The van der Waals surface area contributed by atoms with Gasteiger partial charge in [0.05, 0.1) is 12.2 Å². The second kappa shape index (κ2) is 16.9. The van der Waals surface area contributed by atoms with Crippen LogP contribution in [0.5, 0.6) is 0 Å². The van der Waals surface area contributed by atoms with E-state index >= 15 is 0 Å². The van der Waals surface area contributed by atoms with Crippen molar-refractivity contribution in [1.82, 2.24) is 15.5 Å². The van der Waals surface area contributed by atoms with Gasteiger partial charge in [-0.3, -0.25) is 24.1 Å². The van der Waals surface area contributed by atoms with Gasteiger partial charge < -0.3 is 30.2 Å². The monoisotopic (exact) mass is 750 g/mol. The molecule has 2 heterocycles. The summed E-state index contributed by atoms with van der Waals surface area (Å²) in [4.78, 5) is 52.7. The molecule has 4 saturated carbocycles. The molecule has 1 aromatic heterocycles. The third kappa shape index (κ3) is 8.04. The fraction of sp³-hybridized carbons (Fsp3) is 0.767. The minimum absolute atomic E-state index is 0.0236. The fourth-order valence-electron chi connectivity index (χ4n) is 12.3. The Hall–Kier alpha value is -3.18. The average molecular weight is 751 g/mol. The number of piperazine rings is 1. The maximum atomic E-state index is 12.9. The van der Waals surface area contributed by atoms with E-state index in [0.717, 1.165) is 32.1 Å². The Morgan fingerprint density at radius 2 is 1.69 bits per heavy atom. The summed E-state index contributed by atoms with van der Waals surface area (Å²) in [6.45, 7) is 14.7. The molecule has 54 heavy (non-hydrogen) atoms. The number of fused-ring (bicyclic) bond motifs is 5. The maximum absolute atomic E-state index is 12.9. The van der Waals surface area contributed by atoms with Gasteiger partial charge in [-0.25, -0.2) is 0 Å². The predicted molar refractivity (Wildman–Crippen MR) is 207 cm³/mol. The zero-order valence-electron chi connectivity index (χ0n) is 33.2. The number of rotatable bonds is 14. The Morgan fingerprint density at radius 3 is 2.39 bits per heavy atom. The summed E-state index contributed by atoms with van der Waals surface area (Å²) in [5.74, 6) is 3.54. The van der Waals surface area contributed by atoms with Crippen LogP contribution in [0, 0.1) is 52.3 Å². The molecule has 2 unspecified atom stereocenters. The van der Waals surface area contributed by atoms with Crippen LogP contribution in [0.4, 0.5) is 5.88 Å². The van der Waals surface area contributed by atoms with Crippen LogP contribution < -0.4 is 15.5 Å². The molecule has 11 heteroatoms. The zero-order valence-corrected chi connectivity index (χ0v) is 33.2. The maximum Gasteiger partial charge on any atom is 0.248 e. The van der Waals surface area contributed by atoms with Crippen molar-refractivity contribution in [3.63, 3.8) is 0 Å². The summed E-state index contributed by atoms with van der Waals surface area (Å²) < 4.78 is 5.83. The number of aryl methyl sites for hydroxylation is 1. The third-order valence-corrected chi connectivity index (χ3v) is 15.2. The highest BCUT2D eigenvalue weighted by atomic mass is 16.4. The molecular formula is C43H66N4O7. The Kier molecular flexibility index (Phi) is 12.7. The van der Waals surface area contributed by atoms with E-state index in [1.54, 1.807) is 12.1 Å². The number of hydrogen-bond donors (Lipinski definition) is 4. The van der Waals surface area contributed by atoms with Gasteiger partial charge in [0.25, 0.3) is 0 Å². The van der Waals surface area contributed by atoms with Gasteiger partial charge in [0.15, 0.2) is 0 Å². The van der Waals surface area contributed by atoms with Gasteiger partial charge in [-0.1, -0.05) is 40.7 Å². The summed E-state index contributed by atoms with van der Waals surface area (Å²) in [6, 6.07) is 3.49. The second-order valence-corrected chi connectivity index (χ2v) is 17.9. The van der Waals surface area contributed by atoms with Crippen LogP contribution in [0.1, 0.15) is 111 Å². The van der Waals surface area contributed by atoms with Crippen LogP contribution in [0.2, 0.25) is 0 Å². The smallest absolute Gasteiger partial charge is 0.248 e. The minimum atomic E-state index is -0.287. The molecule has 1 aliphatic heterocycles. The highest BCUT2D eigenvalue weighted by molar-refractivity contribution is 5.98. The fourth-order valence-corrected chi connectivity index (χ4v) is 12.3. The van der Waals surface area contributed by atoms with Crippen LogP contribution in [0.3, 0.4) is 0 Å². The average Bonchev–Trinajstić information content (AvgIpc) is 3.77. The third-order valence-electron chi connectivity index (χ3n) is 15.2. The van der Waals surface area contributed by atoms with Crippen molar-refractivity contribution in [2.75, 3.05) is 37.6 Å². The Bertz CT molecular complexity index is 1530. The summed E-state index contributed by atoms with van der Waals surface area (Å²) in [5, 5.41) is 28.5. The minimum Gasteiger partial charge on any atom is -0.445 e. The van der Waals surface area contributed by atoms with Crippen molar-refractivity contribution in [2.24, 2.45) is 52.3 Å². The van der Waals surface area contributed by atoms with E-state index < -0.39 is 0 Å². The van der Waals surface area contributed by atoms with E-state index in [9.17, 15) is 29.4 Å². The van der Waals surface area contributed by atoms with Crippen molar-refractivity contribution >= 4 is 29.5 Å². The van der Waals surface area contributed by atoms with Crippen molar-refractivity contribution in [2.45, 2.75) is 123 Å². The van der Waals surface area contributed by atoms with E-state index in [1.165, 1.54) is 41.6 Å². The van der Waals surface area contributed by atoms with Crippen molar-refractivity contribution < 1.29 is 33.8 Å². The van der Waals surface area contributed by atoms with Crippen LogP contribution in [-0.4, -0.2) is 83.7 Å². The molecule has 1 aromatic rings. The molecule has 1 saturated heterocycles. The quantitative estimate of drug-likeness (QED) is 0.150. The number of aliphatic hydroxyl groups is 2.